The van der Waals surface area contributed by atoms with Gasteiger partial charge in [-0.2, -0.15) is 0 Å². The van der Waals surface area contributed by atoms with Crippen molar-refractivity contribution in [2.75, 3.05) is 6.61 Å². The summed E-state index contributed by atoms with van der Waals surface area (Å²) in [5, 5.41) is 0. The monoisotopic (exact) mass is 154 g/mol. The van der Waals surface area contributed by atoms with Crippen LogP contribution in [-0.4, -0.2) is 12.7 Å². The van der Waals surface area contributed by atoms with Crippen molar-refractivity contribution in [1.29, 1.82) is 0 Å². The second kappa shape index (κ2) is 3.14. The second-order valence-electron chi connectivity index (χ2n) is 4.32. The summed E-state index contributed by atoms with van der Waals surface area (Å²) in [4.78, 5) is 0. The van der Waals surface area contributed by atoms with Crippen molar-refractivity contribution in [3.05, 3.63) is 0 Å². The van der Waals surface area contributed by atoms with Gasteiger partial charge in [-0.3, -0.25) is 0 Å². The minimum Gasteiger partial charge on any atom is -0.373 e. The number of epoxide rings is 1. The molecule has 0 N–H and O–H groups in total. The molecule has 1 aliphatic heterocycles. The predicted octanol–water partition coefficient (Wildman–Crippen LogP) is 2.60. The van der Waals surface area contributed by atoms with E-state index in [4.69, 9.17) is 4.74 Å². The third kappa shape index (κ3) is 2.19. The Morgan fingerprint density at radius 1 is 1.18 bits per heavy atom. The average molecular weight is 154 g/mol. The molecule has 2 rings (SSSR count). The van der Waals surface area contributed by atoms with Crippen LogP contribution in [0.1, 0.15) is 39.0 Å². The third-order valence-electron chi connectivity index (χ3n) is 3.13. The average Bonchev–Trinajstić information content (AvgIpc) is 2.78. The second-order valence-corrected chi connectivity index (χ2v) is 4.32. The Balaban J connectivity index is 1.69. The maximum absolute atomic E-state index is 5.24. The summed E-state index contributed by atoms with van der Waals surface area (Å²) >= 11 is 0. The maximum Gasteiger partial charge on any atom is 0.0812 e. The lowest BCUT2D eigenvalue weighted by Crippen LogP contribution is -2.13. The molecule has 0 spiro atoms. The van der Waals surface area contributed by atoms with Crippen LogP contribution in [0, 0.1) is 11.8 Å². The highest BCUT2D eigenvalue weighted by atomic mass is 16.6. The molecular weight excluding hydrogens is 136 g/mol. The van der Waals surface area contributed by atoms with Gasteiger partial charge in [0.1, 0.15) is 0 Å². The highest BCUT2D eigenvalue weighted by Gasteiger charge is 2.28. The fourth-order valence-electron chi connectivity index (χ4n) is 2.14. The molecule has 1 atom stereocenters. The zero-order valence-electron chi connectivity index (χ0n) is 7.38. The van der Waals surface area contributed by atoms with E-state index in [0.29, 0.717) is 6.10 Å². The first-order valence-electron chi connectivity index (χ1n) is 4.96. The number of rotatable bonds is 2. The molecule has 2 aliphatic rings. The van der Waals surface area contributed by atoms with E-state index in [9.17, 15) is 0 Å². The maximum atomic E-state index is 5.24. The van der Waals surface area contributed by atoms with Crippen LogP contribution in [-0.2, 0) is 4.74 Å². The summed E-state index contributed by atoms with van der Waals surface area (Å²) in [6, 6.07) is 0. The molecule has 1 saturated carbocycles. The summed E-state index contributed by atoms with van der Waals surface area (Å²) < 4.78 is 5.24. The van der Waals surface area contributed by atoms with E-state index in [1.807, 2.05) is 0 Å². The molecular formula is C10H18O. The molecule has 1 heterocycles. The largest absolute Gasteiger partial charge is 0.373 e. The Labute approximate surface area is 69.1 Å². The lowest BCUT2D eigenvalue weighted by molar-refractivity contribution is 0.253. The molecule has 0 amide bonds. The zero-order valence-corrected chi connectivity index (χ0v) is 7.38. The predicted molar refractivity (Wildman–Crippen MR) is 45.5 cm³/mol. The molecule has 0 radical (unpaired) electrons. The molecule has 11 heavy (non-hydrogen) atoms. The van der Waals surface area contributed by atoms with Gasteiger partial charge < -0.3 is 4.74 Å². The quantitative estimate of drug-likeness (QED) is 0.557. The van der Waals surface area contributed by atoms with Crippen molar-refractivity contribution < 1.29 is 4.74 Å². The standard InChI is InChI=1S/C10H18O/c1-8-2-4-9(5-3-8)6-10-7-11-10/h8-10H,2-7H2,1H3. The molecule has 64 valence electrons. The van der Waals surface area contributed by atoms with Crippen LogP contribution in [0.4, 0.5) is 0 Å². The molecule has 0 aromatic carbocycles. The van der Waals surface area contributed by atoms with E-state index in [1.54, 1.807) is 0 Å². The molecule has 2 fully saturated rings. The van der Waals surface area contributed by atoms with E-state index < -0.39 is 0 Å². The number of ether oxygens (including phenoxy) is 1. The van der Waals surface area contributed by atoms with Gasteiger partial charge >= 0.3 is 0 Å². The van der Waals surface area contributed by atoms with E-state index in [0.717, 1.165) is 18.4 Å². The Morgan fingerprint density at radius 3 is 2.36 bits per heavy atom. The van der Waals surface area contributed by atoms with Gasteiger partial charge in [-0.05, 0) is 18.3 Å². The van der Waals surface area contributed by atoms with Crippen molar-refractivity contribution in [2.24, 2.45) is 11.8 Å². The molecule has 1 nitrogen and oxygen atoms in total. The van der Waals surface area contributed by atoms with Crippen molar-refractivity contribution in [3.8, 4) is 0 Å². The summed E-state index contributed by atoms with van der Waals surface area (Å²) in [5.74, 6) is 1.99. The molecule has 1 heteroatoms. The van der Waals surface area contributed by atoms with Gasteiger partial charge in [-0.15, -0.1) is 0 Å². The minimum absolute atomic E-state index is 0.661. The molecule has 1 unspecified atom stereocenters. The molecule has 1 saturated heterocycles. The molecule has 1 aliphatic carbocycles. The van der Waals surface area contributed by atoms with E-state index in [2.05, 4.69) is 6.92 Å². The highest BCUT2D eigenvalue weighted by Crippen LogP contribution is 2.33. The van der Waals surface area contributed by atoms with Gasteiger partial charge in [0, 0.05) is 0 Å². The van der Waals surface area contributed by atoms with Crippen LogP contribution in [0.5, 0.6) is 0 Å². The van der Waals surface area contributed by atoms with Crippen LogP contribution in [0.15, 0.2) is 0 Å². The smallest absolute Gasteiger partial charge is 0.0812 e. The summed E-state index contributed by atoms with van der Waals surface area (Å²) in [6.45, 7) is 3.43. The molecule has 0 aromatic heterocycles. The van der Waals surface area contributed by atoms with Gasteiger partial charge in [-0.1, -0.05) is 32.6 Å². The van der Waals surface area contributed by atoms with Crippen LogP contribution in [0.25, 0.3) is 0 Å². The SMILES string of the molecule is CC1CCC(CC2CO2)CC1. The van der Waals surface area contributed by atoms with Gasteiger partial charge in [0.2, 0.25) is 0 Å². The van der Waals surface area contributed by atoms with Crippen LogP contribution in [0.3, 0.4) is 0 Å². The Bertz CT molecular complexity index is 121. The fraction of sp³-hybridized carbons (Fsp3) is 1.00. The first-order valence-corrected chi connectivity index (χ1v) is 4.96. The normalized spacial score (nSPS) is 43.9. The first-order chi connectivity index (χ1) is 5.34. The first kappa shape index (κ1) is 7.60. The summed E-state index contributed by atoms with van der Waals surface area (Å²) in [6.07, 6.45) is 7.84. The highest BCUT2D eigenvalue weighted by molar-refractivity contribution is 4.77. The fourth-order valence-corrected chi connectivity index (χ4v) is 2.14. The third-order valence-corrected chi connectivity index (χ3v) is 3.13. The van der Waals surface area contributed by atoms with E-state index >= 15 is 0 Å². The Morgan fingerprint density at radius 2 is 1.82 bits per heavy atom. The van der Waals surface area contributed by atoms with Gasteiger partial charge in [0.25, 0.3) is 0 Å². The zero-order chi connectivity index (χ0) is 7.68. The number of hydrogen-bond donors (Lipinski definition) is 0. The van der Waals surface area contributed by atoms with E-state index in [1.165, 1.54) is 32.1 Å². The van der Waals surface area contributed by atoms with Crippen molar-refractivity contribution in [2.45, 2.75) is 45.1 Å². The van der Waals surface area contributed by atoms with Crippen LogP contribution >= 0.6 is 0 Å². The lowest BCUT2D eigenvalue weighted by atomic mass is 9.81. The molecule has 0 aromatic rings. The van der Waals surface area contributed by atoms with Crippen LogP contribution in [0.2, 0.25) is 0 Å². The summed E-state index contributed by atoms with van der Waals surface area (Å²) in [5.41, 5.74) is 0. The summed E-state index contributed by atoms with van der Waals surface area (Å²) in [7, 11) is 0. The van der Waals surface area contributed by atoms with Crippen LogP contribution < -0.4 is 0 Å². The lowest BCUT2D eigenvalue weighted by Gasteiger charge is -2.25. The van der Waals surface area contributed by atoms with Gasteiger partial charge in [0.05, 0.1) is 12.7 Å². The topological polar surface area (TPSA) is 12.5 Å². The Hall–Kier alpha value is -0.0400. The minimum atomic E-state index is 0.661. The van der Waals surface area contributed by atoms with Crippen molar-refractivity contribution in [1.82, 2.24) is 0 Å². The Kier molecular flexibility index (Phi) is 2.17. The van der Waals surface area contributed by atoms with Gasteiger partial charge in [-0.25, -0.2) is 0 Å². The van der Waals surface area contributed by atoms with E-state index in [-0.39, 0.29) is 0 Å². The van der Waals surface area contributed by atoms with Gasteiger partial charge in [0.15, 0.2) is 0 Å². The molecule has 0 bridgehead atoms. The number of hydrogen-bond acceptors (Lipinski definition) is 1. The van der Waals surface area contributed by atoms with Crippen molar-refractivity contribution >= 4 is 0 Å². The van der Waals surface area contributed by atoms with Crippen molar-refractivity contribution in [3.63, 3.8) is 0 Å².